The predicted octanol–water partition coefficient (Wildman–Crippen LogP) is 2.22. The molecule has 1 aromatic rings. The number of nitrogens with one attached hydrogen (secondary N) is 1. The Kier molecular flexibility index (Phi) is 4.45. The lowest BCUT2D eigenvalue weighted by Gasteiger charge is -2.51. The van der Waals surface area contributed by atoms with Crippen LogP contribution in [-0.2, 0) is 22.5 Å². The fourth-order valence-corrected chi connectivity index (χ4v) is 2.93. The van der Waals surface area contributed by atoms with Crippen LogP contribution in [0.15, 0.2) is 24.3 Å². The van der Waals surface area contributed by atoms with Gasteiger partial charge in [0.05, 0.1) is 12.5 Å². The Hall–Kier alpha value is -1.39. The first-order valence-corrected chi connectivity index (χ1v) is 7.00. The Morgan fingerprint density at radius 2 is 2.05 bits per heavy atom. The number of carboxylic acids is 1. The van der Waals surface area contributed by atoms with Gasteiger partial charge in [0.25, 0.3) is 0 Å². The summed E-state index contributed by atoms with van der Waals surface area (Å²) in [7, 11) is 1.75. The van der Waals surface area contributed by atoms with E-state index in [1.165, 1.54) is 0 Å². The molecule has 1 saturated carbocycles. The van der Waals surface area contributed by atoms with Crippen LogP contribution in [-0.4, -0.2) is 30.3 Å². The minimum absolute atomic E-state index is 0.0760. The lowest BCUT2D eigenvalue weighted by Crippen LogP contribution is -2.60. The monoisotopic (exact) mass is 277 g/mol. The van der Waals surface area contributed by atoms with E-state index in [9.17, 15) is 4.79 Å². The van der Waals surface area contributed by atoms with Gasteiger partial charge in [0.2, 0.25) is 0 Å². The second-order valence-electron chi connectivity index (χ2n) is 6.05. The Morgan fingerprint density at radius 1 is 1.40 bits per heavy atom. The fraction of sp³-hybridized carbons (Fsp3) is 0.562. The molecule has 2 unspecified atom stereocenters. The van der Waals surface area contributed by atoms with Crippen molar-refractivity contribution in [1.82, 2.24) is 5.32 Å². The highest BCUT2D eigenvalue weighted by molar-refractivity contribution is 5.70. The number of carboxylic acid groups (broad SMARTS) is 1. The number of carbonyl (C=O) groups is 1. The van der Waals surface area contributed by atoms with Crippen molar-refractivity contribution < 1.29 is 14.6 Å². The van der Waals surface area contributed by atoms with Gasteiger partial charge in [-0.15, -0.1) is 0 Å². The van der Waals surface area contributed by atoms with Gasteiger partial charge in [0.15, 0.2) is 0 Å². The van der Waals surface area contributed by atoms with E-state index in [2.05, 4.69) is 19.2 Å². The van der Waals surface area contributed by atoms with Gasteiger partial charge in [0, 0.05) is 25.1 Å². The van der Waals surface area contributed by atoms with Gasteiger partial charge in [-0.2, -0.15) is 0 Å². The molecule has 1 aliphatic rings. The summed E-state index contributed by atoms with van der Waals surface area (Å²) in [5.41, 5.74) is 2.07. The summed E-state index contributed by atoms with van der Waals surface area (Å²) in [6.45, 7) is 5.10. The van der Waals surface area contributed by atoms with Gasteiger partial charge in [-0.25, -0.2) is 0 Å². The van der Waals surface area contributed by atoms with Crippen molar-refractivity contribution in [1.29, 1.82) is 0 Å². The summed E-state index contributed by atoms with van der Waals surface area (Å²) < 4.78 is 5.44. The van der Waals surface area contributed by atoms with Gasteiger partial charge >= 0.3 is 5.97 Å². The lowest BCUT2D eigenvalue weighted by atomic mass is 9.64. The molecule has 0 saturated heterocycles. The smallest absolute Gasteiger partial charge is 0.307 e. The number of ether oxygens (including phenoxy) is 1. The minimum Gasteiger partial charge on any atom is -0.481 e. The van der Waals surface area contributed by atoms with Crippen LogP contribution < -0.4 is 5.32 Å². The van der Waals surface area contributed by atoms with Crippen molar-refractivity contribution in [3.63, 3.8) is 0 Å². The average Bonchev–Trinajstić information content (AvgIpc) is 2.39. The van der Waals surface area contributed by atoms with Crippen LogP contribution in [0.4, 0.5) is 0 Å². The molecule has 4 nitrogen and oxygen atoms in total. The maximum absolute atomic E-state index is 10.9. The van der Waals surface area contributed by atoms with Crippen LogP contribution in [0.2, 0.25) is 0 Å². The summed E-state index contributed by atoms with van der Waals surface area (Å²) in [6.07, 6.45) is 1.38. The van der Waals surface area contributed by atoms with Gasteiger partial charge in [-0.1, -0.05) is 38.1 Å². The van der Waals surface area contributed by atoms with Crippen molar-refractivity contribution in [2.45, 2.75) is 45.4 Å². The number of hydrogen-bond acceptors (Lipinski definition) is 3. The highest BCUT2D eigenvalue weighted by Gasteiger charge is 2.48. The molecular weight excluding hydrogens is 254 g/mol. The SMILES string of the molecule is COC1CC(NCc2ccccc2CC(=O)O)C1(C)C. The summed E-state index contributed by atoms with van der Waals surface area (Å²) in [6, 6.07) is 8.12. The Labute approximate surface area is 120 Å². The van der Waals surface area contributed by atoms with Crippen LogP contribution in [0.3, 0.4) is 0 Å². The minimum atomic E-state index is -0.791. The molecule has 2 atom stereocenters. The molecule has 20 heavy (non-hydrogen) atoms. The van der Waals surface area contributed by atoms with Crippen LogP contribution in [0.25, 0.3) is 0 Å². The van der Waals surface area contributed by atoms with E-state index in [0.717, 1.165) is 17.5 Å². The molecule has 4 heteroatoms. The number of hydrogen-bond donors (Lipinski definition) is 2. The van der Waals surface area contributed by atoms with Crippen LogP contribution in [0.1, 0.15) is 31.4 Å². The van der Waals surface area contributed by atoms with E-state index in [4.69, 9.17) is 9.84 Å². The van der Waals surface area contributed by atoms with E-state index in [-0.39, 0.29) is 11.8 Å². The second-order valence-corrected chi connectivity index (χ2v) is 6.05. The highest BCUT2D eigenvalue weighted by atomic mass is 16.5. The molecule has 0 heterocycles. The van der Waals surface area contributed by atoms with Crippen molar-refractivity contribution in [2.24, 2.45) is 5.41 Å². The lowest BCUT2D eigenvalue weighted by molar-refractivity contribution is -0.136. The van der Waals surface area contributed by atoms with Crippen molar-refractivity contribution in [3.8, 4) is 0 Å². The first kappa shape index (κ1) is 15.0. The zero-order valence-corrected chi connectivity index (χ0v) is 12.3. The number of methoxy groups -OCH3 is 1. The highest BCUT2D eigenvalue weighted by Crippen LogP contribution is 2.42. The first-order chi connectivity index (χ1) is 9.45. The third kappa shape index (κ3) is 3.02. The molecule has 2 N–H and O–H groups in total. The van der Waals surface area contributed by atoms with Crippen LogP contribution in [0.5, 0.6) is 0 Å². The van der Waals surface area contributed by atoms with Crippen LogP contribution in [0, 0.1) is 5.41 Å². The summed E-state index contributed by atoms with van der Waals surface area (Å²) >= 11 is 0. The second kappa shape index (κ2) is 5.94. The topological polar surface area (TPSA) is 58.6 Å². The summed E-state index contributed by atoms with van der Waals surface area (Å²) in [5, 5.41) is 12.5. The zero-order valence-electron chi connectivity index (χ0n) is 12.3. The third-order valence-electron chi connectivity index (χ3n) is 4.46. The molecule has 1 fully saturated rings. The third-order valence-corrected chi connectivity index (χ3v) is 4.46. The molecule has 110 valence electrons. The van der Waals surface area contributed by atoms with Gasteiger partial charge in [-0.05, 0) is 17.5 Å². The van der Waals surface area contributed by atoms with Gasteiger partial charge in [-0.3, -0.25) is 4.79 Å². The fourth-order valence-electron chi connectivity index (χ4n) is 2.93. The maximum Gasteiger partial charge on any atom is 0.307 e. The first-order valence-electron chi connectivity index (χ1n) is 7.00. The number of benzene rings is 1. The van der Waals surface area contributed by atoms with E-state index in [1.54, 1.807) is 7.11 Å². The molecule has 0 aliphatic heterocycles. The summed E-state index contributed by atoms with van der Waals surface area (Å²) in [4.78, 5) is 10.9. The van der Waals surface area contributed by atoms with Crippen LogP contribution >= 0.6 is 0 Å². The molecule has 1 aliphatic carbocycles. The number of aliphatic carboxylic acids is 1. The normalized spacial score (nSPS) is 24.1. The van der Waals surface area contributed by atoms with E-state index >= 15 is 0 Å². The molecule has 0 aromatic heterocycles. The van der Waals surface area contributed by atoms with Crippen molar-refractivity contribution in [3.05, 3.63) is 35.4 Å². The average molecular weight is 277 g/mol. The Balaban J connectivity index is 1.97. The number of rotatable bonds is 6. The van der Waals surface area contributed by atoms with Crippen molar-refractivity contribution in [2.75, 3.05) is 7.11 Å². The van der Waals surface area contributed by atoms with Gasteiger partial charge in [0.1, 0.15) is 0 Å². The van der Waals surface area contributed by atoms with Crippen molar-refractivity contribution >= 4 is 5.97 Å². The quantitative estimate of drug-likeness (QED) is 0.837. The molecule has 0 bridgehead atoms. The van der Waals surface area contributed by atoms with E-state index in [1.807, 2.05) is 24.3 Å². The molecular formula is C16H23NO3. The molecule has 0 radical (unpaired) electrons. The predicted molar refractivity (Wildman–Crippen MR) is 77.6 cm³/mol. The Morgan fingerprint density at radius 3 is 2.60 bits per heavy atom. The standard InChI is InChI=1S/C16H23NO3/c1-16(2)13(9-14(16)20-3)17-10-12-7-5-4-6-11(12)8-15(18)19/h4-7,13-14,17H,8-10H2,1-3H3,(H,18,19). The van der Waals surface area contributed by atoms with Gasteiger partial charge < -0.3 is 15.2 Å². The largest absolute Gasteiger partial charge is 0.481 e. The maximum atomic E-state index is 10.9. The zero-order chi connectivity index (χ0) is 14.8. The summed E-state index contributed by atoms with van der Waals surface area (Å²) in [5.74, 6) is -0.791. The Bertz CT molecular complexity index is 484. The van der Waals surface area contributed by atoms with E-state index < -0.39 is 5.97 Å². The van der Waals surface area contributed by atoms with E-state index in [0.29, 0.717) is 18.7 Å². The molecule has 0 spiro atoms. The molecule has 0 amide bonds. The molecule has 2 rings (SSSR count). The molecule has 1 aromatic carbocycles.